The highest BCUT2D eigenvalue weighted by Crippen LogP contribution is 2.30. The minimum absolute atomic E-state index is 0.615. The van der Waals surface area contributed by atoms with E-state index in [1.807, 2.05) is 19.9 Å². The van der Waals surface area contributed by atoms with E-state index in [4.69, 9.17) is 16.9 Å². The Kier molecular flexibility index (Phi) is 5.52. The molecule has 0 saturated heterocycles. The van der Waals surface area contributed by atoms with Gasteiger partial charge in [-0.25, -0.2) is 0 Å². The fourth-order valence-electron chi connectivity index (χ4n) is 0.652. The van der Waals surface area contributed by atoms with Crippen LogP contribution in [0.25, 0.3) is 0 Å². The summed E-state index contributed by atoms with van der Waals surface area (Å²) in [6.07, 6.45) is 0. The predicted octanol–water partition coefficient (Wildman–Crippen LogP) is 3.34. The van der Waals surface area contributed by atoms with Crippen LogP contribution in [0.15, 0.2) is 5.38 Å². The molecule has 2 nitrogen and oxygen atoms in total. The van der Waals surface area contributed by atoms with E-state index in [2.05, 4.69) is 5.32 Å². The van der Waals surface area contributed by atoms with E-state index < -0.39 is 0 Å². The highest BCUT2D eigenvalue weighted by Gasteiger charge is 2.06. The fourth-order valence-corrected chi connectivity index (χ4v) is 1.75. The number of nitrogens with one attached hydrogen (secondary N) is 1. The van der Waals surface area contributed by atoms with Crippen LogP contribution in [-0.4, -0.2) is 7.05 Å². The van der Waals surface area contributed by atoms with Crippen molar-refractivity contribution >= 4 is 28.6 Å². The third-order valence-electron chi connectivity index (χ3n) is 1.10. The quantitative estimate of drug-likeness (QED) is 0.758. The van der Waals surface area contributed by atoms with Crippen LogP contribution >= 0.6 is 22.9 Å². The second-order valence-corrected chi connectivity index (χ2v) is 2.94. The van der Waals surface area contributed by atoms with Crippen molar-refractivity contribution in [2.75, 3.05) is 12.4 Å². The van der Waals surface area contributed by atoms with Crippen molar-refractivity contribution in [1.82, 2.24) is 0 Å². The average Bonchev–Trinajstić information content (AvgIpc) is 2.49. The van der Waals surface area contributed by atoms with Crippen molar-refractivity contribution in [3.8, 4) is 6.07 Å². The van der Waals surface area contributed by atoms with Crippen LogP contribution in [0.2, 0.25) is 5.02 Å². The molecule has 0 fully saturated rings. The van der Waals surface area contributed by atoms with Gasteiger partial charge in [-0.3, -0.25) is 0 Å². The third kappa shape index (κ3) is 2.40. The second kappa shape index (κ2) is 5.87. The first kappa shape index (κ1) is 11.3. The number of anilines is 1. The maximum atomic E-state index is 8.52. The fraction of sp³-hybridized carbons (Fsp3) is 0.375. The molecule has 66 valence electrons. The van der Waals surface area contributed by atoms with Gasteiger partial charge in [-0.05, 0) is 0 Å². The summed E-state index contributed by atoms with van der Waals surface area (Å²) in [6.45, 7) is 4.00. The zero-order valence-corrected chi connectivity index (χ0v) is 8.88. The largest absolute Gasteiger partial charge is 0.385 e. The first-order valence-corrected chi connectivity index (χ1v) is 4.90. The van der Waals surface area contributed by atoms with E-state index in [1.165, 1.54) is 11.3 Å². The van der Waals surface area contributed by atoms with Crippen molar-refractivity contribution in [1.29, 1.82) is 5.26 Å². The molecule has 0 amide bonds. The van der Waals surface area contributed by atoms with Crippen LogP contribution in [0, 0.1) is 11.3 Å². The molecule has 0 aliphatic heterocycles. The minimum Gasteiger partial charge on any atom is -0.385 e. The smallest absolute Gasteiger partial charge is 0.129 e. The Hall–Kier alpha value is -0.720. The summed E-state index contributed by atoms with van der Waals surface area (Å²) >= 11 is 7.07. The van der Waals surface area contributed by atoms with Gasteiger partial charge in [0, 0.05) is 12.4 Å². The Morgan fingerprint density at radius 3 is 2.50 bits per heavy atom. The summed E-state index contributed by atoms with van der Waals surface area (Å²) < 4.78 is 0. The third-order valence-corrected chi connectivity index (χ3v) is 2.41. The summed E-state index contributed by atoms with van der Waals surface area (Å²) in [5, 5.41) is 13.7. The highest BCUT2D eigenvalue weighted by atomic mass is 35.5. The van der Waals surface area contributed by atoms with E-state index in [1.54, 1.807) is 12.4 Å². The van der Waals surface area contributed by atoms with Gasteiger partial charge in [0.25, 0.3) is 0 Å². The molecule has 12 heavy (non-hydrogen) atoms. The highest BCUT2D eigenvalue weighted by molar-refractivity contribution is 7.11. The van der Waals surface area contributed by atoms with Gasteiger partial charge in [0.1, 0.15) is 10.9 Å². The molecule has 1 aromatic rings. The number of hydrogen-bond donors (Lipinski definition) is 1. The summed E-state index contributed by atoms with van der Waals surface area (Å²) in [5.74, 6) is 0. The Morgan fingerprint density at radius 1 is 1.58 bits per heavy atom. The zero-order valence-electron chi connectivity index (χ0n) is 7.31. The van der Waals surface area contributed by atoms with Crippen LogP contribution in [0.3, 0.4) is 0 Å². The van der Waals surface area contributed by atoms with E-state index in [-0.39, 0.29) is 0 Å². The summed E-state index contributed by atoms with van der Waals surface area (Å²) in [4.78, 5) is 0.632. The van der Waals surface area contributed by atoms with Gasteiger partial charge in [-0.2, -0.15) is 5.26 Å². The number of nitriles is 1. The lowest BCUT2D eigenvalue weighted by atomic mass is 10.4. The molecule has 1 aromatic heterocycles. The van der Waals surface area contributed by atoms with E-state index in [9.17, 15) is 0 Å². The first-order chi connectivity index (χ1) is 5.79. The SMILES string of the molecule is CC.CNc1c(Cl)csc1C#N. The lowest BCUT2D eigenvalue weighted by Gasteiger charge is -1.94. The van der Waals surface area contributed by atoms with Gasteiger partial charge in [0.2, 0.25) is 0 Å². The number of rotatable bonds is 1. The van der Waals surface area contributed by atoms with Gasteiger partial charge in [0.05, 0.1) is 10.7 Å². The molecule has 0 aromatic carbocycles. The Balaban J connectivity index is 0.000000561. The zero-order chi connectivity index (χ0) is 9.56. The molecule has 0 unspecified atom stereocenters. The van der Waals surface area contributed by atoms with Crippen LogP contribution in [-0.2, 0) is 0 Å². The predicted molar refractivity (Wildman–Crippen MR) is 54.9 cm³/mol. The summed E-state index contributed by atoms with van der Waals surface area (Å²) in [5.41, 5.74) is 0.731. The molecule has 0 spiro atoms. The van der Waals surface area contributed by atoms with Crippen molar-refractivity contribution in [2.45, 2.75) is 13.8 Å². The first-order valence-electron chi connectivity index (χ1n) is 3.64. The molecule has 1 rings (SSSR count). The van der Waals surface area contributed by atoms with Crippen molar-refractivity contribution in [3.05, 3.63) is 15.3 Å². The van der Waals surface area contributed by atoms with Crippen molar-refractivity contribution < 1.29 is 0 Å². The number of halogens is 1. The average molecular weight is 203 g/mol. The van der Waals surface area contributed by atoms with Gasteiger partial charge in [0.15, 0.2) is 0 Å². The molecular weight excluding hydrogens is 192 g/mol. The molecule has 4 heteroatoms. The van der Waals surface area contributed by atoms with Gasteiger partial charge in [-0.15, -0.1) is 11.3 Å². The second-order valence-electron chi connectivity index (χ2n) is 1.65. The van der Waals surface area contributed by atoms with Crippen molar-refractivity contribution in [3.63, 3.8) is 0 Å². The number of hydrogen-bond acceptors (Lipinski definition) is 3. The molecule has 0 aliphatic carbocycles. The van der Waals surface area contributed by atoms with Gasteiger partial charge in [-0.1, -0.05) is 25.4 Å². The molecule has 1 N–H and O–H groups in total. The Labute approximate surface area is 81.8 Å². The standard InChI is InChI=1S/C6H5ClN2S.C2H6/c1-9-6-4(7)3-10-5(6)2-8;1-2/h3,9H,1H3;1-2H3. The van der Waals surface area contributed by atoms with Gasteiger partial charge >= 0.3 is 0 Å². The molecule has 0 bridgehead atoms. The van der Waals surface area contributed by atoms with Crippen LogP contribution in [0.5, 0.6) is 0 Å². The number of nitrogens with zero attached hydrogens (tertiary/aromatic N) is 1. The van der Waals surface area contributed by atoms with Gasteiger partial charge < -0.3 is 5.32 Å². The monoisotopic (exact) mass is 202 g/mol. The maximum Gasteiger partial charge on any atom is 0.129 e. The van der Waals surface area contributed by atoms with E-state index in [0.29, 0.717) is 9.90 Å². The topological polar surface area (TPSA) is 35.8 Å². The lowest BCUT2D eigenvalue weighted by molar-refractivity contribution is 1.49. The van der Waals surface area contributed by atoms with Crippen LogP contribution in [0.4, 0.5) is 5.69 Å². The van der Waals surface area contributed by atoms with Crippen molar-refractivity contribution in [2.24, 2.45) is 0 Å². The molecule has 0 aliphatic rings. The van der Waals surface area contributed by atoms with Crippen LogP contribution in [0.1, 0.15) is 18.7 Å². The Morgan fingerprint density at radius 2 is 2.17 bits per heavy atom. The molecule has 0 atom stereocenters. The minimum atomic E-state index is 0.615. The normalized spacial score (nSPS) is 7.92. The van der Waals surface area contributed by atoms with E-state index in [0.717, 1.165) is 5.69 Å². The van der Waals surface area contributed by atoms with E-state index >= 15 is 0 Å². The van der Waals surface area contributed by atoms with Crippen LogP contribution < -0.4 is 5.32 Å². The molecular formula is C8H11ClN2S. The number of thiophene rings is 1. The Bertz CT molecular complexity index is 275. The lowest BCUT2D eigenvalue weighted by Crippen LogP contribution is -1.87. The molecule has 0 radical (unpaired) electrons. The maximum absolute atomic E-state index is 8.52. The molecule has 0 saturated carbocycles. The molecule has 1 heterocycles. The summed E-state index contributed by atoms with van der Waals surface area (Å²) in [7, 11) is 1.74. The summed E-state index contributed by atoms with van der Waals surface area (Å²) in [6, 6.07) is 2.04.